The maximum absolute atomic E-state index is 13.1. The molecular formula is C26H40N4O3. The van der Waals surface area contributed by atoms with E-state index in [-0.39, 0.29) is 18.3 Å². The number of nitrogens with zero attached hydrogens (tertiary/aromatic N) is 4. The monoisotopic (exact) mass is 456 g/mol. The maximum Gasteiger partial charge on any atom is 0.332 e. The highest BCUT2D eigenvalue weighted by atomic mass is 16.5. The molecule has 7 heteroatoms. The Morgan fingerprint density at radius 2 is 1.64 bits per heavy atom. The Morgan fingerprint density at radius 1 is 0.939 bits per heavy atom. The summed E-state index contributed by atoms with van der Waals surface area (Å²) in [6, 6.07) is 8.75. The van der Waals surface area contributed by atoms with Gasteiger partial charge in [0.05, 0.1) is 12.3 Å². The molecular weight excluding hydrogens is 416 g/mol. The molecule has 0 radical (unpaired) electrons. The van der Waals surface area contributed by atoms with Crippen LogP contribution in [0.4, 0.5) is 0 Å². The Labute approximate surface area is 197 Å². The lowest BCUT2D eigenvalue weighted by Gasteiger charge is -2.42. The third-order valence-electron chi connectivity index (χ3n) is 7.30. The summed E-state index contributed by atoms with van der Waals surface area (Å²) in [5.74, 6) is 0.854. The summed E-state index contributed by atoms with van der Waals surface area (Å²) in [4.78, 5) is 18.2. The van der Waals surface area contributed by atoms with Gasteiger partial charge < -0.3 is 14.7 Å². The first-order valence-electron chi connectivity index (χ1n) is 12.8. The van der Waals surface area contributed by atoms with Crippen LogP contribution in [0.15, 0.2) is 41.5 Å². The predicted octanol–water partition coefficient (Wildman–Crippen LogP) is 3.30. The van der Waals surface area contributed by atoms with Crippen LogP contribution in [-0.4, -0.2) is 76.0 Å². The summed E-state index contributed by atoms with van der Waals surface area (Å²) in [6.07, 6.45) is 11.3. The molecule has 182 valence electrons. The normalized spacial score (nSPS) is 22.5. The highest BCUT2D eigenvalue weighted by molar-refractivity contribution is 5.37. The summed E-state index contributed by atoms with van der Waals surface area (Å²) < 4.78 is 9.42. The molecule has 7 nitrogen and oxygen atoms in total. The number of aliphatic hydroxyl groups excluding tert-OH is 1. The van der Waals surface area contributed by atoms with Gasteiger partial charge in [0.1, 0.15) is 5.75 Å². The number of hydrogen-bond donors (Lipinski definition) is 1. The molecule has 2 fully saturated rings. The van der Waals surface area contributed by atoms with Crippen LogP contribution in [-0.2, 0) is 0 Å². The Morgan fingerprint density at radius 3 is 2.30 bits per heavy atom. The molecule has 1 saturated carbocycles. The summed E-state index contributed by atoms with van der Waals surface area (Å²) >= 11 is 0. The van der Waals surface area contributed by atoms with Gasteiger partial charge in [-0.3, -0.25) is 14.0 Å². The van der Waals surface area contributed by atoms with Crippen molar-refractivity contribution in [3.63, 3.8) is 0 Å². The van der Waals surface area contributed by atoms with Gasteiger partial charge in [0, 0.05) is 63.8 Å². The van der Waals surface area contributed by atoms with Crippen LogP contribution >= 0.6 is 0 Å². The van der Waals surface area contributed by atoms with E-state index in [1.165, 1.54) is 0 Å². The third-order valence-corrected chi connectivity index (χ3v) is 7.30. The molecule has 33 heavy (non-hydrogen) atoms. The molecule has 2 aromatic rings. The van der Waals surface area contributed by atoms with Crippen LogP contribution < -0.4 is 10.4 Å². The number of unbranched alkanes of at least 4 members (excludes halogenated alkanes) is 1. The highest BCUT2D eigenvalue weighted by Gasteiger charge is 2.29. The van der Waals surface area contributed by atoms with E-state index in [2.05, 4.69) is 16.7 Å². The summed E-state index contributed by atoms with van der Waals surface area (Å²) in [7, 11) is 0. The minimum absolute atomic E-state index is 0.0515. The molecule has 0 unspecified atom stereocenters. The smallest absolute Gasteiger partial charge is 0.332 e. The van der Waals surface area contributed by atoms with E-state index >= 15 is 0 Å². The SMILES string of the molecule is CCCCOc1ccc(-n2ccn(C3CCC(N4CCN(CCCO)CC4)CC3)c2=O)cc1. The number of piperazine rings is 1. The van der Waals surface area contributed by atoms with Crippen LogP contribution in [0.1, 0.15) is 57.9 Å². The maximum atomic E-state index is 13.1. The largest absolute Gasteiger partial charge is 0.494 e. The second-order valence-corrected chi connectivity index (χ2v) is 9.47. The summed E-state index contributed by atoms with van der Waals surface area (Å²) in [6.45, 7) is 8.61. The second-order valence-electron chi connectivity index (χ2n) is 9.47. The van der Waals surface area contributed by atoms with Crippen molar-refractivity contribution in [1.82, 2.24) is 18.9 Å². The van der Waals surface area contributed by atoms with Gasteiger partial charge in [0.15, 0.2) is 0 Å². The lowest BCUT2D eigenvalue weighted by atomic mass is 9.89. The minimum Gasteiger partial charge on any atom is -0.494 e. The number of aliphatic hydroxyl groups is 1. The van der Waals surface area contributed by atoms with Crippen molar-refractivity contribution in [3.05, 3.63) is 47.1 Å². The van der Waals surface area contributed by atoms with Crippen molar-refractivity contribution in [2.75, 3.05) is 45.9 Å². The van der Waals surface area contributed by atoms with Gasteiger partial charge in [0.2, 0.25) is 0 Å². The Hall–Kier alpha value is -2.09. The first-order valence-corrected chi connectivity index (χ1v) is 12.8. The fourth-order valence-corrected chi connectivity index (χ4v) is 5.25. The van der Waals surface area contributed by atoms with Crippen LogP contribution in [0.3, 0.4) is 0 Å². The zero-order chi connectivity index (χ0) is 23.0. The van der Waals surface area contributed by atoms with Crippen molar-refractivity contribution in [1.29, 1.82) is 0 Å². The molecule has 0 amide bonds. The topological polar surface area (TPSA) is 62.9 Å². The molecule has 1 aliphatic carbocycles. The van der Waals surface area contributed by atoms with E-state index in [1.807, 2.05) is 41.2 Å². The number of benzene rings is 1. The molecule has 4 rings (SSSR count). The van der Waals surface area contributed by atoms with Crippen LogP contribution in [0, 0.1) is 0 Å². The van der Waals surface area contributed by atoms with Crippen molar-refractivity contribution < 1.29 is 9.84 Å². The van der Waals surface area contributed by atoms with Crippen LogP contribution in [0.25, 0.3) is 5.69 Å². The Kier molecular flexibility index (Phi) is 8.64. The molecule has 0 bridgehead atoms. The van der Waals surface area contributed by atoms with Gasteiger partial charge in [0.25, 0.3) is 0 Å². The van der Waals surface area contributed by atoms with Crippen molar-refractivity contribution in [3.8, 4) is 11.4 Å². The molecule has 1 saturated heterocycles. The Balaban J connectivity index is 1.30. The summed E-state index contributed by atoms with van der Waals surface area (Å²) in [5, 5.41) is 9.04. The first-order chi connectivity index (χ1) is 16.2. The van der Waals surface area contributed by atoms with E-state index in [4.69, 9.17) is 9.84 Å². The number of imidazole rings is 1. The Bertz CT molecular complexity index is 891. The van der Waals surface area contributed by atoms with Crippen molar-refractivity contribution in [2.45, 2.75) is 64.0 Å². The molecule has 1 N–H and O–H groups in total. The van der Waals surface area contributed by atoms with E-state index in [0.717, 1.165) is 95.7 Å². The fourth-order valence-electron chi connectivity index (χ4n) is 5.25. The molecule has 2 heterocycles. The molecule has 1 aliphatic heterocycles. The minimum atomic E-state index is 0.0515. The van der Waals surface area contributed by atoms with Gasteiger partial charge in [-0.25, -0.2) is 4.79 Å². The first kappa shape index (κ1) is 24.0. The third kappa shape index (κ3) is 6.08. The van der Waals surface area contributed by atoms with E-state index in [9.17, 15) is 4.79 Å². The van der Waals surface area contributed by atoms with Gasteiger partial charge in [-0.15, -0.1) is 0 Å². The summed E-state index contributed by atoms with van der Waals surface area (Å²) in [5.41, 5.74) is 0.935. The molecule has 0 atom stereocenters. The molecule has 1 aromatic heterocycles. The number of rotatable bonds is 10. The van der Waals surface area contributed by atoms with Crippen molar-refractivity contribution in [2.24, 2.45) is 0 Å². The molecule has 2 aliphatic rings. The zero-order valence-corrected chi connectivity index (χ0v) is 20.1. The van der Waals surface area contributed by atoms with Crippen LogP contribution in [0.2, 0.25) is 0 Å². The number of hydrogen-bond acceptors (Lipinski definition) is 5. The quantitative estimate of drug-likeness (QED) is 0.556. The lowest BCUT2D eigenvalue weighted by molar-refractivity contribution is 0.0684. The fraction of sp³-hybridized carbons (Fsp3) is 0.654. The standard InChI is InChI=1S/C26H40N4O3/c1-2-3-21-33-25-11-9-24(10-12-25)30-19-18-29(26(30)32)23-7-5-22(6-8-23)28-16-14-27(15-17-28)13-4-20-31/h9-12,18-19,22-23,31H,2-8,13-17,20-21H2,1H3. The molecule has 0 spiro atoms. The zero-order valence-electron chi connectivity index (χ0n) is 20.1. The average Bonchev–Trinajstić information content (AvgIpc) is 3.25. The second kappa shape index (κ2) is 11.9. The molecule has 1 aromatic carbocycles. The van der Waals surface area contributed by atoms with Crippen LogP contribution in [0.5, 0.6) is 5.75 Å². The van der Waals surface area contributed by atoms with E-state index in [1.54, 1.807) is 4.57 Å². The number of ether oxygens (including phenoxy) is 1. The van der Waals surface area contributed by atoms with E-state index in [0.29, 0.717) is 6.04 Å². The van der Waals surface area contributed by atoms with Gasteiger partial charge >= 0.3 is 5.69 Å². The van der Waals surface area contributed by atoms with Gasteiger partial charge in [-0.05, 0) is 62.8 Å². The van der Waals surface area contributed by atoms with Crippen molar-refractivity contribution >= 4 is 0 Å². The number of aromatic nitrogens is 2. The van der Waals surface area contributed by atoms with Gasteiger partial charge in [-0.1, -0.05) is 13.3 Å². The highest BCUT2D eigenvalue weighted by Crippen LogP contribution is 2.31. The van der Waals surface area contributed by atoms with E-state index < -0.39 is 0 Å². The van der Waals surface area contributed by atoms with Gasteiger partial charge in [-0.2, -0.15) is 0 Å². The lowest BCUT2D eigenvalue weighted by Crippen LogP contribution is -2.51. The predicted molar refractivity (Wildman–Crippen MR) is 131 cm³/mol. The average molecular weight is 457 g/mol.